The number of anilines is 1. The van der Waals surface area contributed by atoms with Crippen molar-refractivity contribution in [1.29, 1.82) is 0 Å². The van der Waals surface area contributed by atoms with Crippen molar-refractivity contribution in [1.82, 2.24) is 10.5 Å². The van der Waals surface area contributed by atoms with Crippen molar-refractivity contribution >= 4 is 29.2 Å². The highest BCUT2D eigenvalue weighted by Crippen LogP contribution is 2.21. The molecular formula is C14H21N3O3S. The van der Waals surface area contributed by atoms with E-state index in [1.807, 2.05) is 0 Å². The van der Waals surface area contributed by atoms with Crippen LogP contribution in [0.25, 0.3) is 0 Å². The van der Waals surface area contributed by atoms with Crippen molar-refractivity contribution in [3.8, 4) is 0 Å². The molecule has 0 atom stereocenters. The zero-order valence-corrected chi connectivity index (χ0v) is 13.2. The van der Waals surface area contributed by atoms with E-state index < -0.39 is 5.97 Å². The molecule has 7 heteroatoms. The number of aromatic nitrogens is 1. The molecule has 1 aliphatic rings. The van der Waals surface area contributed by atoms with Gasteiger partial charge in [-0.15, -0.1) is 0 Å². The normalized spacial score (nSPS) is 15.5. The van der Waals surface area contributed by atoms with Gasteiger partial charge in [0.15, 0.2) is 5.11 Å². The first-order chi connectivity index (χ1) is 10.1. The third-order valence-electron chi connectivity index (χ3n) is 3.51. The topological polar surface area (TPSA) is 76.4 Å². The molecule has 1 aliphatic carbocycles. The lowest BCUT2D eigenvalue weighted by atomic mass is 9.96. The Bertz CT molecular complexity index is 510. The maximum absolute atomic E-state index is 11.9. The van der Waals surface area contributed by atoms with Gasteiger partial charge < -0.3 is 19.9 Å². The summed E-state index contributed by atoms with van der Waals surface area (Å²) in [6.07, 6.45) is 5.95. The average molecular weight is 311 g/mol. The van der Waals surface area contributed by atoms with E-state index in [0.29, 0.717) is 29.0 Å². The molecule has 0 saturated heterocycles. The van der Waals surface area contributed by atoms with Crippen molar-refractivity contribution in [2.75, 3.05) is 11.9 Å². The third-order valence-corrected chi connectivity index (χ3v) is 3.73. The molecule has 0 unspecified atom stereocenters. The summed E-state index contributed by atoms with van der Waals surface area (Å²) in [5, 5.41) is 10.4. The van der Waals surface area contributed by atoms with Crippen molar-refractivity contribution in [3.63, 3.8) is 0 Å². The van der Waals surface area contributed by atoms with E-state index in [1.54, 1.807) is 13.8 Å². The lowest BCUT2D eigenvalue weighted by Gasteiger charge is -2.23. The Hall–Kier alpha value is -1.63. The molecule has 6 nitrogen and oxygen atoms in total. The van der Waals surface area contributed by atoms with Crippen LogP contribution in [0.15, 0.2) is 4.52 Å². The van der Waals surface area contributed by atoms with Crippen LogP contribution < -0.4 is 10.6 Å². The SMILES string of the molecule is CCOC(=O)c1c(C)noc1NC(=S)NC1CCCCC1. The summed E-state index contributed by atoms with van der Waals surface area (Å²) >= 11 is 5.27. The fourth-order valence-corrected chi connectivity index (χ4v) is 2.73. The van der Waals surface area contributed by atoms with Gasteiger partial charge in [0, 0.05) is 6.04 Å². The monoisotopic (exact) mass is 311 g/mol. The molecule has 1 aromatic heterocycles. The number of carbonyl (C=O) groups excluding carboxylic acids is 1. The van der Waals surface area contributed by atoms with E-state index in [0.717, 1.165) is 12.8 Å². The Morgan fingerprint density at radius 3 is 2.81 bits per heavy atom. The number of thiocarbonyl (C=S) groups is 1. The number of esters is 1. The molecule has 116 valence electrons. The molecule has 21 heavy (non-hydrogen) atoms. The van der Waals surface area contributed by atoms with Crippen LogP contribution in [-0.2, 0) is 4.74 Å². The number of nitrogens with one attached hydrogen (secondary N) is 2. The Morgan fingerprint density at radius 2 is 2.14 bits per heavy atom. The van der Waals surface area contributed by atoms with E-state index in [2.05, 4.69) is 15.8 Å². The number of ether oxygens (including phenoxy) is 1. The number of nitrogens with zero attached hydrogens (tertiary/aromatic N) is 1. The first-order valence-electron chi connectivity index (χ1n) is 7.32. The summed E-state index contributed by atoms with van der Waals surface area (Å²) in [6.45, 7) is 3.75. The fraction of sp³-hybridized carbons (Fsp3) is 0.643. The van der Waals surface area contributed by atoms with Gasteiger partial charge in [-0.1, -0.05) is 24.4 Å². The smallest absolute Gasteiger partial charge is 0.345 e. The molecule has 1 aromatic rings. The van der Waals surface area contributed by atoms with Crippen LogP contribution in [0.2, 0.25) is 0 Å². The number of hydrogen-bond donors (Lipinski definition) is 2. The Balaban J connectivity index is 1.98. The zero-order valence-electron chi connectivity index (χ0n) is 12.4. The van der Waals surface area contributed by atoms with Crippen molar-refractivity contribution in [3.05, 3.63) is 11.3 Å². The van der Waals surface area contributed by atoms with Crippen molar-refractivity contribution in [2.45, 2.75) is 52.0 Å². The summed E-state index contributed by atoms with van der Waals surface area (Å²) < 4.78 is 10.1. The minimum absolute atomic E-state index is 0.235. The lowest BCUT2D eigenvalue weighted by molar-refractivity contribution is 0.0526. The highest BCUT2D eigenvalue weighted by atomic mass is 32.1. The summed E-state index contributed by atoms with van der Waals surface area (Å²) in [4.78, 5) is 11.9. The van der Waals surface area contributed by atoms with Crippen molar-refractivity contribution < 1.29 is 14.1 Å². The summed E-state index contributed by atoms with van der Waals surface area (Å²) in [5.41, 5.74) is 0.779. The molecular weight excluding hydrogens is 290 g/mol. The average Bonchev–Trinajstić information content (AvgIpc) is 2.81. The zero-order chi connectivity index (χ0) is 15.2. The summed E-state index contributed by atoms with van der Waals surface area (Å²) in [7, 11) is 0. The number of rotatable bonds is 4. The predicted octanol–water partition coefficient (Wildman–Crippen LogP) is 2.78. The van der Waals surface area contributed by atoms with Gasteiger partial charge in [0.1, 0.15) is 5.56 Å². The van der Waals surface area contributed by atoms with Crippen LogP contribution in [-0.4, -0.2) is 28.9 Å². The molecule has 0 spiro atoms. The Labute approximate surface area is 129 Å². The first kappa shape index (κ1) is 15.8. The predicted molar refractivity (Wildman–Crippen MR) is 83.4 cm³/mol. The fourth-order valence-electron chi connectivity index (χ4n) is 2.47. The number of carbonyl (C=O) groups is 1. The second-order valence-corrected chi connectivity index (χ2v) is 5.53. The van der Waals surface area contributed by atoms with Crippen molar-refractivity contribution in [2.24, 2.45) is 0 Å². The van der Waals surface area contributed by atoms with Crippen LogP contribution >= 0.6 is 12.2 Å². The van der Waals surface area contributed by atoms with E-state index in [9.17, 15) is 4.79 Å². The largest absolute Gasteiger partial charge is 0.462 e. The quantitative estimate of drug-likeness (QED) is 0.654. The van der Waals surface area contributed by atoms with E-state index in [-0.39, 0.29) is 5.88 Å². The van der Waals surface area contributed by atoms with E-state index in [4.69, 9.17) is 21.5 Å². The van der Waals surface area contributed by atoms with Gasteiger partial charge in [0.2, 0.25) is 5.88 Å². The number of hydrogen-bond acceptors (Lipinski definition) is 5. The minimum Gasteiger partial charge on any atom is -0.462 e. The highest BCUT2D eigenvalue weighted by molar-refractivity contribution is 7.80. The van der Waals surface area contributed by atoms with Crippen LogP contribution in [0.1, 0.15) is 55.1 Å². The molecule has 0 aromatic carbocycles. The number of aryl methyl sites for hydroxylation is 1. The highest BCUT2D eigenvalue weighted by Gasteiger charge is 2.23. The van der Waals surface area contributed by atoms with Gasteiger partial charge in [-0.2, -0.15) is 0 Å². The van der Waals surface area contributed by atoms with Gasteiger partial charge >= 0.3 is 5.97 Å². The first-order valence-corrected chi connectivity index (χ1v) is 7.73. The van der Waals surface area contributed by atoms with Crippen LogP contribution in [0.4, 0.5) is 5.88 Å². The van der Waals surface area contributed by atoms with E-state index >= 15 is 0 Å². The van der Waals surface area contributed by atoms with Crippen LogP contribution in [0, 0.1) is 6.92 Å². The standard InChI is InChI=1S/C14H21N3O3S/c1-3-19-13(18)11-9(2)17-20-12(11)16-14(21)15-10-7-5-4-6-8-10/h10H,3-8H2,1-2H3,(H2,15,16,21). The third kappa shape index (κ3) is 4.17. The maximum Gasteiger partial charge on any atom is 0.345 e. The minimum atomic E-state index is -0.459. The molecule has 0 aliphatic heterocycles. The molecule has 1 saturated carbocycles. The molecule has 2 rings (SSSR count). The van der Waals surface area contributed by atoms with Gasteiger partial charge in [0.05, 0.1) is 12.3 Å². The second kappa shape index (κ2) is 7.40. The van der Waals surface area contributed by atoms with Gasteiger partial charge in [-0.25, -0.2) is 4.79 Å². The molecule has 0 amide bonds. The molecule has 2 N–H and O–H groups in total. The molecule has 0 radical (unpaired) electrons. The molecule has 0 bridgehead atoms. The second-order valence-electron chi connectivity index (χ2n) is 5.13. The lowest BCUT2D eigenvalue weighted by Crippen LogP contribution is -2.39. The van der Waals surface area contributed by atoms with Gasteiger partial charge in [-0.05, 0) is 38.9 Å². The van der Waals surface area contributed by atoms with E-state index in [1.165, 1.54) is 19.3 Å². The van der Waals surface area contributed by atoms with Gasteiger partial charge in [0.25, 0.3) is 0 Å². The Kier molecular flexibility index (Phi) is 5.55. The Morgan fingerprint density at radius 1 is 1.43 bits per heavy atom. The van der Waals surface area contributed by atoms with Gasteiger partial charge in [-0.3, -0.25) is 0 Å². The van der Waals surface area contributed by atoms with Crippen LogP contribution in [0.5, 0.6) is 0 Å². The summed E-state index contributed by atoms with van der Waals surface area (Å²) in [6, 6.07) is 0.383. The molecule has 1 fully saturated rings. The molecule has 1 heterocycles. The summed E-state index contributed by atoms with van der Waals surface area (Å²) in [5.74, 6) is -0.224. The maximum atomic E-state index is 11.9. The van der Waals surface area contributed by atoms with Crippen LogP contribution in [0.3, 0.4) is 0 Å².